The van der Waals surface area contributed by atoms with E-state index in [-0.39, 0.29) is 16.9 Å². The third kappa shape index (κ3) is 4.65. The number of pyridine rings is 1. The molecule has 1 atom stereocenters. The van der Waals surface area contributed by atoms with E-state index in [1.54, 1.807) is 30.6 Å². The van der Waals surface area contributed by atoms with Crippen molar-refractivity contribution in [2.45, 2.75) is 37.1 Å². The van der Waals surface area contributed by atoms with Crippen molar-refractivity contribution in [3.8, 4) is 0 Å². The second kappa shape index (κ2) is 8.07. The van der Waals surface area contributed by atoms with Gasteiger partial charge in [-0.1, -0.05) is 25.5 Å². The van der Waals surface area contributed by atoms with Crippen molar-refractivity contribution in [2.75, 3.05) is 6.54 Å². The number of fused-ring (bicyclic) bond motifs is 1. The molecule has 0 saturated heterocycles. The maximum atomic E-state index is 12.8. The molecule has 1 unspecified atom stereocenters. The molecule has 24 heavy (non-hydrogen) atoms. The van der Waals surface area contributed by atoms with Crippen LogP contribution in [0.15, 0.2) is 46.5 Å². The fourth-order valence-corrected chi connectivity index (χ4v) is 4.10. The minimum atomic E-state index is -3.65. The highest BCUT2D eigenvalue weighted by atomic mass is 32.2. The number of sulfonamides is 1. The first-order valence-corrected chi connectivity index (χ1v) is 9.33. The molecule has 0 amide bonds. The molecule has 0 spiro atoms. The Morgan fingerprint density at radius 1 is 1.29 bits per heavy atom. The molecular weight excluding hydrogens is 326 g/mol. The quantitative estimate of drug-likeness (QED) is 0.490. The summed E-state index contributed by atoms with van der Waals surface area (Å²) in [6.45, 7) is 2.39. The molecule has 0 aliphatic rings. The molecule has 1 aromatic carbocycles. The van der Waals surface area contributed by atoms with Gasteiger partial charge in [0.25, 0.3) is 0 Å². The molecule has 130 valence electrons. The molecule has 0 aliphatic heterocycles. The van der Waals surface area contributed by atoms with Crippen LogP contribution in [0.1, 0.15) is 26.2 Å². The predicted molar refractivity (Wildman–Crippen MR) is 96.1 cm³/mol. The number of rotatable bonds is 8. The lowest BCUT2D eigenvalue weighted by atomic mass is 10.1. The Balaban J connectivity index is 2.25. The lowest BCUT2D eigenvalue weighted by Crippen LogP contribution is -2.35. The van der Waals surface area contributed by atoms with E-state index in [0.29, 0.717) is 24.8 Å². The molecule has 8 heteroatoms. The van der Waals surface area contributed by atoms with Crippen LogP contribution >= 0.6 is 0 Å². The first-order valence-electron chi connectivity index (χ1n) is 7.84. The van der Waals surface area contributed by atoms with Gasteiger partial charge in [0.05, 0.1) is 4.90 Å². The minimum Gasteiger partial charge on any atom is -0.370 e. The van der Waals surface area contributed by atoms with Crippen molar-refractivity contribution in [3.63, 3.8) is 0 Å². The summed E-state index contributed by atoms with van der Waals surface area (Å²) in [5.41, 5.74) is 10.6. The molecule has 0 saturated carbocycles. The number of guanidine groups is 1. The Morgan fingerprint density at radius 3 is 2.79 bits per heavy atom. The number of nitrogens with two attached hydrogens (primary N) is 2. The Labute approximate surface area is 142 Å². The zero-order valence-electron chi connectivity index (χ0n) is 13.6. The summed E-state index contributed by atoms with van der Waals surface area (Å²) >= 11 is 0. The topological polar surface area (TPSA) is 123 Å². The van der Waals surface area contributed by atoms with E-state index < -0.39 is 10.0 Å². The molecule has 0 fully saturated rings. The van der Waals surface area contributed by atoms with Gasteiger partial charge in [-0.25, -0.2) is 13.1 Å². The van der Waals surface area contributed by atoms with E-state index in [9.17, 15) is 8.42 Å². The summed E-state index contributed by atoms with van der Waals surface area (Å²) < 4.78 is 28.4. The Kier molecular flexibility index (Phi) is 6.10. The van der Waals surface area contributed by atoms with Gasteiger partial charge >= 0.3 is 0 Å². The van der Waals surface area contributed by atoms with Crippen LogP contribution in [0.25, 0.3) is 10.8 Å². The summed E-state index contributed by atoms with van der Waals surface area (Å²) in [4.78, 5) is 8.21. The first kappa shape index (κ1) is 18.2. The van der Waals surface area contributed by atoms with Crippen molar-refractivity contribution in [2.24, 2.45) is 16.5 Å². The Hall–Kier alpha value is -2.19. The Morgan fingerprint density at radius 2 is 2.08 bits per heavy atom. The van der Waals surface area contributed by atoms with Crippen LogP contribution in [0.3, 0.4) is 0 Å². The van der Waals surface area contributed by atoms with E-state index in [0.717, 1.165) is 11.8 Å². The largest absolute Gasteiger partial charge is 0.370 e. The highest BCUT2D eigenvalue weighted by Gasteiger charge is 2.21. The number of hydrogen-bond acceptors (Lipinski definition) is 4. The Bertz CT molecular complexity index is 811. The summed E-state index contributed by atoms with van der Waals surface area (Å²) in [6, 6.07) is 6.64. The molecule has 1 aromatic heterocycles. The fraction of sp³-hybridized carbons (Fsp3) is 0.375. The zero-order chi connectivity index (χ0) is 17.6. The number of aliphatic imine (C=N–C) groups is 1. The number of nitrogens with zero attached hydrogens (tertiary/aromatic N) is 2. The van der Waals surface area contributed by atoms with Crippen LogP contribution in [0.5, 0.6) is 0 Å². The number of hydrogen-bond donors (Lipinski definition) is 3. The molecule has 2 rings (SSSR count). The average molecular weight is 349 g/mol. The van der Waals surface area contributed by atoms with E-state index in [4.69, 9.17) is 11.5 Å². The van der Waals surface area contributed by atoms with Gasteiger partial charge in [-0.05, 0) is 25.0 Å². The van der Waals surface area contributed by atoms with E-state index >= 15 is 0 Å². The minimum absolute atomic E-state index is 0.00894. The van der Waals surface area contributed by atoms with Crippen LogP contribution in [-0.2, 0) is 10.0 Å². The monoisotopic (exact) mass is 349 g/mol. The van der Waals surface area contributed by atoms with Crippen LogP contribution in [0.2, 0.25) is 0 Å². The molecule has 0 aliphatic carbocycles. The van der Waals surface area contributed by atoms with Gasteiger partial charge in [0.2, 0.25) is 10.0 Å². The first-order chi connectivity index (χ1) is 11.4. The van der Waals surface area contributed by atoms with Crippen molar-refractivity contribution in [1.82, 2.24) is 9.71 Å². The van der Waals surface area contributed by atoms with Gasteiger partial charge in [-0.3, -0.25) is 9.98 Å². The summed E-state index contributed by atoms with van der Waals surface area (Å²) in [5, 5.41) is 1.44. The predicted octanol–water partition coefficient (Wildman–Crippen LogP) is 1.35. The summed E-state index contributed by atoms with van der Waals surface area (Å²) in [7, 11) is -3.65. The van der Waals surface area contributed by atoms with E-state index in [1.165, 1.54) is 0 Å². The third-order valence-corrected chi connectivity index (χ3v) is 5.24. The molecule has 0 radical (unpaired) electrons. The third-order valence-electron chi connectivity index (χ3n) is 3.66. The highest BCUT2D eigenvalue weighted by molar-refractivity contribution is 7.89. The zero-order valence-corrected chi connectivity index (χ0v) is 14.5. The van der Waals surface area contributed by atoms with Gasteiger partial charge in [-0.15, -0.1) is 0 Å². The molecule has 1 heterocycles. The van der Waals surface area contributed by atoms with Gasteiger partial charge in [0.1, 0.15) is 0 Å². The molecule has 7 nitrogen and oxygen atoms in total. The highest BCUT2D eigenvalue weighted by Crippen LogP contribution is 2.22. The lowest BCUT2D eigenvalue weighted by Gasteiger charge is -2.18. The number of benzene rings is 1. The second-order valence-electron chi connectivity index (χ2n) is 5.56. The standard InChI is InChI=1S/C16H23N5O2S/c1-2-4-13(7-10-20-16(17)18)21-24(22,23)15-6-3-5-12-11-19-9-8-14(12)15/h3,5-6,8-9,11,13,21H,2,4,7,10H2,1H3,(H4,17,18,20). The SMILES string of the molecule is CCCC(CCN=C(N)N)NS(=O)(=O)c1cccc2cnccc12. The number of aromatic nitrogens is 1. The van der Waals surface area contributed by atoms with Crippen LogP contribution in [0.4, 0.5) is 0 Å². The van der Waals surface area contributed by atoms with Crippen LogP contribution in [0, 0.1) is 0 Å². The van der Waals surface area contributed by atoms with Gasteiger partial charge in [-0.2, -0.15) is 0 Å². The molecular formula is C16H23N5O2S. The fourth-order valence-electron chi connectivity index (χ4n) is 2.57. The van der Waals surface area contributed by atoms with E-state index in [1.807, 2.05) is 13.0 Å². The smallest absolute Gasteiger partial charge is 0.241 e. The van der Waals surface area contributed by atoms with Crippen molar-refractivity contribution in [3.05, 3.63) is 36.7 Å². The lowest BCUT2D eigenvalue weighted by molar-refractivity contribution is 0.503. The van der Waals surface area contributed by atoms with Crippen LogP contribution in [-0.4, -0.2) is 31.9 Å². The summed E-state index contributed by atoms with van der Waals surface area (Å²) in [5.74, 6) is 0.00894. The van der Waals surface area contributed by atoms with Gasteiger partial charge in [0, 0.05) is 35.8 Å². The van der Waals surface area contributed by atoms with Crippen LogP contribution < -0.4 is 16.2 Å². The molecule has 0 bridgehead atoms. The summed E-state index contributed by atoms with van der Waals surface area (Å²) in [6.07, 6.45) is 5.34. The maximum absolute atomic E-state index is 12.8. The van der Waals surface area contributed by atoms with E-state index in [2.05, 4.69) is 14.7 Å². The normalized spacial score (nSPS) is 12.9. The molecule has 2 aromatic rings. The number of nitrogens with one attached hydrogen (secondary N) is 1. The average Bonchev–Trinajstić information content (AvgIpc) is 2.53. The van der Waals surface area contributed by atoms with Gasteiger partial charge in [0.15, 0.2) is 5.96 Å². The second-order valence-corrected chi connectivity index (χ2v) is 7.24. The van der Waals surface area contributed by atoms with Gasteiger partial charge < -0.3 is 11.5 Å². The van der Waals surface area contributed by atoms with Crippen molar-refractivity contribution < 1.29 is 8.42 Å². The maximum Gasteiger partial charge on any atom is 0.241 e. The molecule has 5 N–H and O–H groups in total. The van der Waals surface area contributed by atoms with Crippen molar-refractivity contribution >= 4 is 26.8 Å². The van der Waals surface area contributed by atoms with Crippen molar-refractivity contribution in [1.29, 1.82) is 0 Å².